The van der Waals surface area contributed by atoms with Crippen molar-refractivity contribution in [2.24, 2.45) is 16.6 Å². The summed E-state index contributed by atoms with van der Waals surface area (Å²) < 4.78 is 24.4. The number of benzene rings is 1. The van der Waals surface area contributed by atoms with E-state index in [1.165, 1.54) is 16.1 Å². The van der Waals surface area contributed by atoms with Crippen molar-refractivity contribution in [3.63, 3.8) is 0 Å². The largest absolute Gasteiger partial charge is 0.370 e. The van der Waals surface area contributed by atoms with Crippen LogP contribution in [0, 0.1) is 12.8 Å². The highest BCUT2D eigenvalue weighted by atomic mass is 32.2. The number of guanidine groups is 1. The van der Waals surface area contributed by atoms with E-state index in [1.54, 1.807) is 0 Å². The van der Waals surface area contributed by atoms with E-state index in [4.69, 9.17) is 5.73 Å². The van der Waals surface area contributed by atoms with Gasteiger partial charge in [0.05, 0.1) is 6.26 Å². The van der Waals surface area contributed by atoms with Gasteiger partial charge in [-0.25, -0.2) is 12.7 Å². The first kappa shape index (κ1) is 16.8. The Balaban J connectivity index is 1.81. The zero-order valence-corrected chi connectivity index (χ0v) is 13.9. The maximum atomic E-state index is 11.5. The minimum atomic E-state index is -3.06. The number of nitrogens with zero attached hydrogens (tertiary/aromatic N) is 2. The predicted octanol–water partition coefficient (Wildman–Crippen LogP) is 1.39. The van der Waals surface area contributed by atoms with Gasteiger partial charge in [0.1, 0.15) is 0 Å². The Bertz CT molecular complexity index is 617. The Morgan fingerprint density at radius 1 is 1.32 bits per heavy atom. The topological polar surface area (TPSA) is 87.8 Å². The first-order chi connectivity index (χ1) is 10.3. The number of sulfonamides is 1. The van der Waals surface area contributed by atoms with Crippen LogP contribution in [0.4, 0.5) is 5.69 Å². The fraction of sp³-hybridized carbons (Fsp3) is 0.533. The highest BCUT2D eigenvalue weighted by Gasteiger charge is 2.24. The molecule has 1 aliphatic heterocycles. The second kappa shape index (κ2) is 7.11. The van der Waals surface area contributed by atoms with Crippen molar-refractivity contribution in [3.8, 4) is 0 Å². The van der Waals surface area contributed by atoms with Gasteiger partial charge in [0.25, 0.3) is 0 Å². The Labute approximate surface area is 132 Å². The van der Waals surface area contributed by atoms with E-state index in [9.17, 15) is 8.42 Å². The second-order valence-corrected chi connectivity index (χ2v) is 7.80. The first-order valence-electron chi connectivity index (χ1n) is 7.43. The van der Waals surface area contributed by atoms with E-state index in [-0.39, 0.29) is 0 Å². The molecule has 122 valence electrons. The van der Waals surface area contributed by atoms with Crippen LogP contribution in [0.3, 0.4) is 0 Å². The molecule has 0 spiro atoms. The van der Waals surface area contributed by atoms with E-state index in [0.717, 1.165) is 18.5 Å². The van der Waals surface area contributed by atoms with Crippen molar-refractivity contribution in [1.29, 1.82) is 0 Å². The third-order valence-electron chi connectivity index (χ3n) is 3.89. The molecule has 1 saturated heterocycles. The van der Waals surface area contributed by atoms with Gasteiger partial charge in [-0.3, -0.25) is 4.99 Å². The molecule has 0 radical (unpaired) electrons. The summed E-state index contributed by atoms with van der Waals surface area (Å²) in [5.41, 5.74) is 8.00. The van der Waals surface area contributed by atoms with E-state index < -0.39 is 10.0 Å². The number of piperidine rings is 1. The molecule has 1 heterocycles. The van der Waals surface area contributed by atoms with Crippen LogP contribution in [0.25, 0.3) is 0 Å². The summed E-state index contributed by atoms with van der Waals surface area (Å²) in [6.45, 7) is 3.81. The van der Waals surface area contributed by atoms with Crippen molar-refractivity contribution in [3.05, 3.63) is 29.8 Å². The van der Waals surface area contributed by atoms with Crippen molar-refractivity contribution in [1.82, 2.24) is 4.31 Å². The van der Waals surface area contributed by atoms with Crippen molar-refractivity contribution in [2.75, 3.05) is 31.2 Å². The molecule has 0 bridgehead atoms. The van der Waals surface area contributed by atoms with Crippen LogP contribution in [0.15, 0.2) is 29.3 Å². The monoisotopic (exact) mass is 324 g/mol. The van der Waals surface area contributed by atoms with Crippen LogP contribution < -0.4 is 11.1 Å². The molecular formula is C15H24N4O2S. The molecule has 2 rings (SSSR count). The molecule has 0 aromatic heterocycles. The van der Waals surface area contributed by atoms with Crippen molar-refractivity contribution in [2.45, 2.75) is 19.8 Å². The first-order valence-corrected chi connectivity index (χ1v) is 9.28. The zero-order valence-electron chi connectivity index (χ0n) is 13.1. The number of nitrogens with one attached hydrogen (secondary N) is 1. The lowest BCUT2D eigenvalue weighted by atomic mass is 9.98. The smallest absolute Gasteiger partial charge is 0.211 e. The van der Waals surface area contributed by atoms with Gasteiger partial charge in [0.2, 0.25) is 10.0 Å². The summed E-state index contributed by atoms with van der Waals surface area (Å²) in [7, 11) is -3.06. The molecule has 22 heavy (non-hydrogen) atoms. The van der Waals surface area contributed by atoms with E-state index in [0.29, 0.717) is 31.5 Å². The summed E-state index contributed by atoms with van der Waals surface area (Å²) in [6.07, 6.45) is 2.91. The minimum absolute atomic E-state index is 0.386. The van der Waals surface area contributed by atoms with Gasteiger partial charge in [-0.15, -0.1) is 0 Å². The molecule has 1 aliphatic rings. The maximum absolute atomic E-state index is 11.5. The molecule has 0 aliphatic carbocycles. The summed E-state index contributed by atoms with van der Waals surface area (Å²) >= 11 is 0. The number of hydrogen-bond donors (Lipinski definition) is 2. The molecule has 1 fully saturated rings. The van der Waals surface area contributed by atoms with Gasteiger partial charge in [-0.2, -0.15) is 0 Å². The number of rotatable bonds is 4. The van der Waals surface area contributed by atoms with Crippen LogP contribution in [0.2, 0.25) is 0 Å². The summed E-state index contributed by atoms with van der Waals surface area (Å²) in [4.78, 5) is 4.37. The average molecular weight is 324 g/mol. The highest BCUT2D eigenvalue weighted by Crippen LogP contribution is 2.19. The Hall–Kier alpha value is -1.60. The quantitative estimate of drug-likeness (QED) is 0.647. The third-order valence-corrected chi connectivity index (χ3v) is 5.19. The number of anilines is 1. The van der Waals surface area contributed by atoms with Gasteiger partial charge < -0.3 is 11.1 Å². The average Bonchev–Trinajstić information content (AvgIpc) is 2.47. The van der Waals surface area contributed by atoms with Crippen LogP contribution in [-0.2, 0) is 10.0 Å². The molecule has 1 aromatic rings. The van der Waals surface area contributed by atoms with Gasteiger partial charge in [0.15, 0.2) is 5.96 Å². The molecule has 0 saturated carbocycles. The molecule has 0 unspecified atom stereocenters. The Morgan fingerprint density at radius 2 is 1.91 bits per heavy atom. The Kier molecular flexibility index (Phi) is 5.42. The molecule has 0 amide bonds. The zero-order chi connectivity index (χ0) is 16.2. The maximum Gasteiger partial charge on any atom is 0.211 e. The number of aryl methyl sites for hydroxylation is 1. The van der Waals surface area contributed by atoms with E-state index in [1.807, 2.05) is 31.2 Å². The lowest BCUT2D eigenvalue weighted by Crippen LogP contribution is -2.38. The summed E-state index contributed by atoms with van der Waals surface area (Å²) in [5, 5.41) is 3.06. The predicted molar refractivity (Wildman–Crippen MR) is 90.4 cm³/mol. The van der Waals surface area contributed by atoms with Gasteiger partial charge >= 0.3 is 0 Å². The molecule has 3 N–H and O–H groups in total. The Morgan fingerprint density at radius 3 is 2.45 bits per heavy atom. The molecule has 0 atom stereocenters. The van der Waals surface area contributed by atoms with E-state index in [2.05, 4.69) is 10.3 Å². The van der Waals surface area contributed by atoms with Crippen molar-refractivity contribution < 1.29 is 8.42 Å². The third kappa shape index (κ3) is 4.99. The fourth-order valence-electron chi connectivity index (χ4n) is 2.48. The second-order valence-electron chi connectivity index (χ2n) is 5.82. The SMILES string of the molecule is Cc1ccc(NC(N)=NCC2CCN(S(C)(=O)=O)CC2)cc1. The van der Waals surface area contributed by atoms with Crippen LogP contribution in [-0.4, -0.2) is 44.6 Å². The normalized spacial score (nSPS) is 18.4. The van der Waals surface area contributed by atoms with Gasteiger partial charge in [-0.1, -0.05) is 17.7 Å². The lowest BCUT2D eigenvalue weighted by Gasteiger charge is -2.29. The number of nitrogens with two attached hydrogens (primary N) is 1. The number of hydrogen-bond acceptors (Lipinski definition) is 3. The summed E-state index contributed by atoms with van der Waals surface area (Å²) in [5.74, 6) is 0.783. The lowest BCUT2D eigenvalue weighted by molar-refractivity contribution is 0.280. The van der Waals surface area contributed by atoms with E-state index >= 15 is 0 Å². The molecule has 6 nitrogen and oxygen atoms in total. The van der Waals surface area contributed by atoms with Crippen LogP contribution >= 0.6 is 0 Å². The summed E-state index contributed by atoms with van der Waals surface area (Å²) in [6, 6.07) is 7.94. The highest BCUT2D eigenvalue weighted by molar-refractivity contribution is 7.88. The molecule has 7 heteroatoms. The van der Waals surface area contributed by atoms with Crippen molar-refractivity contribution >= 4 is 21.7 Å². The van der Waals surface area contributed by atoms with Gasteiger partial charge in [-0.05, 0) is 37.8 Å². The van der Waals surface area contributed by atoms with Crippen LogP contribution in [0.5, 0.6) is 0 Å². The van der Waals surface area contributed by atoms with Crippen LogP contribution in [0.1, 0.15) is 18.4 Å². The standard InChI is InChI=1S/C15H24N4O2S/c1-12-3-5-14(6-4-12)18-15(16)17-11-13-7-9-19(10-8-13)22(2,20)21/h3-6,13H,7-11H2,1-2H3,(H3,16,17,18). The number of aliphatic imine (C=N–C) groups is 1. The van der Waals surface area contributed by atoms with Gasteiger partial charge in [0, 0.05) is 25.3 Å². The molecular weight excluding hydrogens is 300 g/mol. The minimum Gasteiger partial charge on any atom is -0.370 e. The molecule has 1 aromatic carbocycles. The fourth-order valence-corrected chi connectivity index (χ4v) is 3.35.